The lowest BCUT2D eigenvalue weighted by atomic mass is 10.0. The van der Waals surface area contributed by atoms with E-state index in [0.717, 1.165) is 12.8 Å². The molecule has 0 atom stereocenters. The van der Waals surface area contributed by atoms with E-state index in [2.05, 4.69) is 27.0 Å². The van der Waals surface area contributed by atoms with Crippen molar-refractivity contribution in [2.24, 2.45) is 0 Å². The highest BCUT2D eigenvalue weighted by atomic mass is 79.9. The van der Waals surface area contributed by atoms with E-state index in [4.69, 9.17) is 0 Å². The molecular formula is C19H37BrO2. The van der Waals surface area contributed by atoms with Gasteiger partial charge in [-0.25, -0.2) is 0 Å². The number of halogens is 1. The van der Waals surface area contributed by atoms with Crippen LogP contribution in [-0.4, -0.2) is 5.97 Å². The predicted molar refractivity (Wildman–Crippen MR) is 99.2 cm³/mol. The maximum absolute atomic E-state index is 10.9. The van der Waals surface area contributed by atoms with Crippen molar-refractivity contribution in [2.75, 3.05) is 0 Å². The standard InChI is InChI=1S/C19H37BrO2/c1-2-3-4-5-6-7-8-9-10-11-12-13-14-15-16-17-18-19(21)22-20/h2-18H2,1H3. The molecule has 0 bridgehead atoms. The van der Waals surface area contributed by atoms with Gasteiger partial charge in [0.25, 0.3) is 0 Å². The van der Waals surface area contributed by atoms with E-state index in [1.165, 1.54) is 89.9 Å². The lowest BCUT2D eigenvalue weighted by Gasteiger charge is -2.03. The zero-order valence-electron chi connectivity index (χ0n) is 14.7. The Morgan fingerprint density at radius 3 is 1.27 bits per heavy atom. The molecule has 0 heterocycles. The second kappa shape index (κ2) is 19.0. The van der Waals surface area contributed by atoms with Gasteiger partial charge in [-0.1, -0.05) is 103 Å². The molecule has 3 heteroatoms. The fourth-order valence-corrected chi connectivity index (χ4v) is 3.02. The van der Waals surface area contributed by atoms with Crippen LogP contribution in [0.4, 0.5) is 0 Å². The van der Waals surface area contributed by atoms with Gasteiger partial charge in [-0.05, 0) is 6.42 Å². The van der Waals surface area contributed by atoms with Gasteiger partial charge in [0.15, 0.2) is 16.3 Å². The molecule has 0 unspecified atom stereocenters. The Kier molecular flexibility index (Phi) is 19.0. The molecule has 0 rings (SSSR count). The molecule has 0 aliphatic heterocycles. The predicted octanol–water partition coefficient (Wildman–Crippen LogP) is 7.49. The topological polar surface area (TPSA) is 26.3 Å². The van der Waals surface area contributed by atoms with Crippen molar-refractivity contribution in [1.29, 1.82) is 0 Å². The first-order valence-corrected chi connectivity index (χ1v) is 10.3. The summed E-state index contributed by atoms with van der Waals surface area (Å²) in [5, 5.41) is 0. The van der Waals surface area contributed by atoms with E-state index in [1.807, 2.05) is 0 Å². The molecule has 0 fully saturated rings. The van der Waals surface area contributed by atoms with Gasteiger partial charge in [-0.2, -0.15) is 0 Å². The summed E-state index contributed by atoms with van der Waals surface area (Å²) < 4.78 is 4.45. The first-order valence-electron chi connectivity index (χ1n) is 9.62. The van der Waals surface area contributed by atoms with Crippen molar-refractivity contribution in [3.05, 3.63) is 0 Å². The summed E-state index contributed by atoms with van der Waals surface area (Å²) in [6, 6.07) is 0. The summed E-state index contributed by atoms with van der Waals surface area (Å²) in [4.78, 5) is 10.9. The summed E-state index contributed by atoms with van der Waals surface area (Å²) in [6.07, 6.45) is 22.2. The molecule has 0 N–H and O–H groups in total. The third-order valence-corrected chi connectivity index (χ3v) is 4.68. The van der Waals surface area contributed by atoms with Gasteiger partial charge in [0, 0.05) is 6.42 Å². The molecule has 0 saturated carbocycles. The highest BCUT2D eigenvalue weighted by molar-refractivity contribution is 9.06. The van der Waals surface area contributed by atoms with Gasteiger partial charge in [-0.3, -0.25) is 4.79 Å². The van der Waals surface area contributed by atoms with Crippen molar-refractivity contribution in [3.63, 3.8) is 0 Å². The van der Waals surface area contributed by atoms with Crippen molar-refractivity contribution in [3.8, 4) is 0 Å². The van der Waals surface area contributed by atoms with Crippen molar-refractivity contribution in [1.82, 2.24) is 0 Å². The Labute approximate surface area is 147 Å². The Hall–Kier alpha value is -0.0500. The van der Waals surface area contributed by atoms with Gasteiger partial charge in [-0.15, -0.1) is 0 Å². The third kappa shape index (κ3) is 18.0. The van der Waals surface area contributed by atoms with Crippen molar-refractivity contribution >= 4 is 22.2 Å². The second-order valence-electron chi connectivity index (χ2n) is 6.50. The minimum absolute atomic E-state index is 0.148. The van der Waals surface area contributed by atoms with Crippen molar-refractivity contribution in [2.45, 2.75) is 116 Å². The van der Waals surface area contributed by atoms with Gasteiger partial charge in [0.05, 0.1) is 0 Å². The van der Waals surface area contributed by atoms with Crippen molar-refractivity contribution < 1.29 is 8.62 Å². The largest absolute Gasteiger partial charge is 0.384 e. The van der Waals surface area contributed by atoms with Gasteiger partial charge < -0.3 is 3.83 Å². The van der Waals surface area contributed by atoms with E-state index < -0.39 is 0 Å². The summed E-state index contributed by atoms with van der Waals surface area (Å²) in [5.74, 6) is -0.148. The van der Waals surface area contributed by atoms with Gasteiger partial charge >= 0.3 is 5.97 Å². The zero-order chi connectivity index (χ0) is 16.3. The molecule has 2 nitrogen and oxygen atoms in total. The summed E-state index contributed by atoms with van der Waals surface area (Å²) in [7, 11) is 0. The number of hydrogen-bond acceptors (Lipinski definition) is 2. The average molecular weight is 377 g/mol. The van der Waals surface area contributed by atoms with Crippen LogP contribution in [0.3, 0.4) is 0 Å². The van der Waals surface area contributed by atoms with Crippen LogP contribution in [0.15, 0.2) is 0 Å². The number of rotatable bonds is 17. The number of carbonyl (C=O) groups is 1. The van der Waals surface area contributed by atoms with E-state index >= 15 is 0 Å². The van der Waals surface area contributed by atoms with E-state index in [-0.39, 0.29) is 5.97 Å². The zero-order valence-corrected chi connectivity index (χ0v) is 16.3. The molecule has 22 heavy (non-hydrogen) atoms. The molecule has 0 radical (unpaired) electrons. The first kappa shape index (κ1) is 21.9. The number of hydrogen-bond donors (Lipinski definition) is 0. The molecular weight excluding hydrogens is 340 g/mol. The maximum Gasteiger partial charge on any atom is 0.317 e. The van der Waals surface area contributed by atoms with E-state index in [1.54, 1.807) is 0 Å². The number of unbranched alkanes of at least 4 members (excludes halogenated alkanes) is 15. The fourth-order valence-electron chi connectivity index (χ4n) is 2.86. The Morgan fingerprint density at radius 2 is 0.955 bits per heavy atom. The van der Waals surface area contributed by atoms with Crippen LogP contribution in [0.5, 0.6) is 0 Å². The third-order valence-electron chi connectivity index (χ3n) is 4.32. The molecule has 0 aromatic carbocycles. The Morgan fingerprint density at radius 1 is 0.636 bits per heavy atom. The second-order valence-corrected chi connectivity index (χ2v) is 6.83. The van der Waals surface area contributed by atoms with Gasteiger partial charge in [0.1, 0.15) is 0 Å². The van der Waals surface area contributed by atoms with Crippen LogP contribution in [0.1, 0.15) is 116 Å². The summed E-state index contributed by atoms with van der Waals surface area (Å²) in [6.45, 7) is 2.28. The SMILES string of the molecule is CCCCCCCCCCCCCCCCCCC(=O)OBr. The molecule has 0 spiro atoms. The smallest absolute Gasteiger partial charge is 0.317 e. The normalized spacial score (nSPS) is 10.8. The van der Waals surface area contributed by atoms with Crippen LogP contribution in [-0.2, 0) is 8.62 Å². The highest BCUT2D eigenvalue weighted by Gasteiger charge is 2.00. The minimum Gasteiger partial charge on any atom is -0.384 e. The first-order chi connectivity index (χ1) is 10.8. The van der Waals surface area contributed by atoms with Crippen LogP contribution in [0.2, 0.25) is 0 Å². The number of carbonyl (C=O) groups excluding carboxylic acids is 1. The van der Waals surface area contributed by atoms with Crippen LogP contribution in [0, 0.1) is 0 Å². The minimum atomic E-state index is -0.148. The summed E-state index contributed by atoms with van der Waals surface area (Å²) >= 11 is 2.71. The molecule has 0 aliphatic carbocycles. The van der Waals surface area contributed by atoms with Gasteiger partial charge in [0.2, 0.25) is 0 Å². The van der Waals surface area contributed by atoms with E-state index in [9.17, 15) is 4.79 Å². The maximum atomic E-state index is 10.9. The molecule has 0 amide bonds. The van der Waals surface area contributed by atoms with Crippen LogP contribution >= 0.6 is 16.3 Å². The van der Waals surface area contributed by atoms with Crippen LogP contribution < -0.4 is 0 Å². The fraction of sp³-hybridized carbons (Fsp3) is 0.947. The molecule has 0 aromatic rings. The highest BCUT2D eigenvalue weighted by Crippen LogP contribution is 2.14. The molecule has 0 saturated heterocycles. The molecule has 132 valence electrons. The van der Waals surface area contributed by atoms with Crippen LogP contribution in [0.25, 0.3) is 0 Å². The Bertz CT molecular complexity index is 231. The average Bonchev–Trinajstić information content (AvgIpc) is 2.54. The Balaban J connectivity index is 2.98. The summed E-state index contributed by atoms with van der Waals surface area (Å²) in [5.41, 5.74) is 0. The molecule has 0 aromatic heterocycles. The lowest BCUT2D eigenvalue weighted by molar-refractivity contribution is -0.132. The molecule has 0 aliphatic rings. The quantitative estimate of drug-likeness (QED) is 0.245. The lowest BCUT2D eigenvalue weighted by Crippen LogP contribution is -1.95. The van der Waals surface area contributed by atoms with E-state index in [0.29, 0.717) is 6.42 Å². The monoisotopic (exact) mass is 376 g/mol.